The molecule has 2 fully saturated rings. The first-order valence-electron chi connectivity index (χ1n) is 7.06. The molecule has 104 valence electrons. The normalized spacial score (nSPS) is 19.2. The number of alkyl halides is 2. The van der Waals surface area contributed by atoms with Crippen molar-refractivity contribution in [3.63, 3.8) is 0 Å². The average Bonchev–Trinajstić information content (AvgIpc) is 3.25. The van der Waals surface area contributed by atoms with Gasteiger partial charge in [0.25, 0.3) is 6.43 Å². The quantitative estimate of drug-likeness (QED) is 0.762. The molecule has 0 aliphatic heterocycles. The molecule has 0 heterocycles. The van der Waals surface area contributed by atoms with E-state index < -0.39 is 6.43 Å². The molecule has 3 N–H and O–H groups in total. The van der Waals surface area contributed by atoms with Crippen molar-refractivity contribution >= 4 is 11.4 Å². The second kappa shape index (κ2) is 4.99. The molecule has 19 heavy (non-hydrogen) atoms. The number of nitrogen functional groups attached to an aromatic ring is 1. The number of halogens is 2. The molecule has 2 aliphatic rings. The van der Waals surface area contributed by atoms with Gasteiger partial charge in [0.1, 0.15) is 0 Å². The molecule has 2 aliphatic carbocycles. The van der Waals surface area contributed by atoms with Crippen LogP contribution in [0, 0.1) is 17.8 Å². The summed E-state index contributed by atoms with van der Waals surface area (Å²) >= 11 is 0. The fourth-order valence-electron chi connectivity index (χ4n) is 2.92. The van der Waals surface area contributed by atoms with Crippen LogP contribution >= 0.6 is 0 Å². The Hall–Kier alpha value is -1.32. The molecule has 4 heteroatoms. The van der Waals surface area contributed by atoms with Gasteiger partial charge in [0.05, 0.1) is 0 Å². The highest BCUT2D eigenvalue weighted by atomic mass is 19.3. The van der Waals surface area contributed by atoms with Crippen LogP contribution in [-0.4, -0.2) is 6.54 Å². The smallest absolute Gasteiger partial charge is 0.265 e. The fraction of sp³-hybridized carbons (Fsp3) is 0.600. The zero-order valence-electron chi connectivity index (χ0n) is 10.9. The highest BCUT2D eigenvalue weighted by Gasteiger charge is 2.41. The molecule has 2 saturated carbocycles. The number of rotatable bonds is 6. The summed E-state index contributed by atoms with van der Waals surface area (Å²) in [4.78, 5) is 0. The Kier molecular flexibility index (Phi) is 3.33. The van der Waals surface area contributed by atoms with E-state index in [4.69, 9.17) is 5.73 Å². The summed E-state index contributed by atoms with van der Waals surface area (Å²) in [7, 11) is 0. The number of benzene rings is 1. The van der Waals surface area contributed by atoms with Crippen LogP contribution in [-0.2, 0) is 0 Å². The molecule has 0 radical (unpaired) electrons. The minimum atomic E-state index is -2.48. The van der Waals surface area contributed by atoms with Crippen LogP contribution in [0.4, 0.5) is 20.2 Å². The number of hydrogen-bond acceptors (Lipinski definition) is 2. The first-order chi connectivity index (χ1) is 9.15. The van der Waals surface area contributed by atoms with Crippen LogP contribution in [0.1, 0.15) is 37.7 Å². The Balaban J connectivity index is 1.68. The lowest BCUT2D eigenvalue weighted by atomic mass is 9.97. The van der Waals surface area contributed by atoms with Gasteiger partial charge in [-0.2, -0.15) is 0 Å². The zero-order valence-corrected chi connectivity index (χ0v) is 10.9. The lowest BCUT2D eigenvalue weighted by molar-refractivity contribution is 0.152. The maximum Gasteiger partial charge on any atom is 0.265 e. The first kappa shape index (κ1) is 12.7. The van der Waals surface area contributed by atoms with Crippen molar-refractivity contribution in [3.8, 4) is 0 Å². The average molecular weight is 266 g/mol. The lowest BCUT2D eigenvalue weighted by Gasteiger charge is -2.19. The Bertz CT molecular complexity index is 441. The van der Waals surface area contributed by atoms with Crippen molar-refractivity contribution < 1.29 is 8.78 Å². The number of nitrogens with two attached hydrogens (primary N) is 1. The topological polar surface area (TPSA) is 38.0 Å². The molecule has 0 aromatic heterocycles. The number of hydrogen-bond donors (Lipinski definition) is 2. The predicted molar refractivity (Wildman–Crippen MR) is 73.2 cm³/mol. The van der Waals surface area contributed by atoms with Gasteiger partial charge in [-0.05, 0) is 61.6 Å². The van der Waals surface area contributed by atoms with Crippen molar-refractivity contribution in [2.24, 2.45) is 17.8 Å². The Morgan fingerprint density at radius 2 is 1.79 bits per heavy atom. The van der Waals surface area contributed by atoms with Crippen LogP contribution in [0.5, 0.6) is 0 Å². The summed E-state index contributed by atoms with van der Waals surface area (Å²) in [6, 6.07) is 4.72. The molecular weight excluding hydrogens is 246 g/mol. The summed E-state index contributed by atoms with van der Waals surface area (Å²) in [5, 5.41) is 3.23. The molecule has 1 aromatic carbocycles. The molecule has 1 aromatic rings. The van der Waals surface area contributed by atoms with Gasteiger partial charge in [0, 0.05) is 23.5 Å². The maximum atomic E-state index is 13.0. The molecule has 0 bridgehead atoms. The van der Waals surface area contributed by atoms with E-state index in [1.54, 1.807) is 12.1 Å². The molecule has 3 rings (SSSR count). The van der Waals surface area contributed by atoms with Crippen LogP contribution in [0.15, 0.2) is 18.2 Å². The Labute approximate surface area is 112 Å². The third-order valence-electron chi connectivity index (χ3n) is 4.29. The molecule has 2 nitrogen and oxygen atoms in total. The van der Waals surface area contributed by atoms with Gasteiger partial charge < -0.3 is 11.1 Å². The van der Waals surface area contributed by atoms with Gasteiger partial charge in [-0.15, -0.1) is 0 Å². The van der Waals surface area contributed by atoms with Gasteiger partial charge >= 0.3 is 0 Å². The van der Waals surface area contributed by atoms with Gasteiger partial charge in [-0.1, -0.05) is 0 Å². The summed E-state index contributed by atoms with van der Waals surface area (Å²) in [6.07, 6.45) is 2.77. The second-order valence-corrected chi connectivity index (χ2v) is 5.87. The fourth-order valence-corrected chi connectivity index (χ4v) is 2.92. The SMILES string of the molecule is Nc1ccc(NCC(C2CC2)C2CC2)c(C(F)F)c1. The van der Waals surface area contributed by atoms with E-state index >= 15 is 0 Å². The largest absolute Gasteiger partial charge is 0.399 e. The van der Waals surface area contributed by atoms with Gasteiger partial charge in [-0.3, -0.25) is 0 Å². The molecule has 0 amide bonds. The Morgan fingerprint density at radius 3 is 2.32 bits per heavy atom. The van der Waals surface area contributed by atoms with Gasteiger partial charge in [0.15, 0.2) is 0 Å². The third kappa shape index (κ3) is 2.99. The van der Waals surface area contributed by atoms with Crippen molar-refractivity contribution in [1.82, 2.24) is 0 Å². The second-order valence-electron chi connectivity index (χ2n) is 5.87. The van der Waals surface area contributed by atoms with E-state index in [2.05, 4.69) is 5.32 Å². The van der Waals surface area contributed by atoms with E-state index in [1.807, 2.05) is 0 Å². The minimum Gasteiger partial charge on any atom is -0.399 e. The standard InChI is InChI=1S/C15H20F2N2/c16-15(17)12-7-11(18)5-6-14(12)19-8-13(9-1-2-9)10-3-4-10/h5-7,9-10,13,15,19H,1-4,8,18H2. The minimum absolute atomic E-state index is 0.0188. The van der Waals surface area contributed by atoms with E-state index in [0.29, 0.717) is 17.3 Å². The molecule has 0 spiro atoms. The molecular formula is C15H20F2N2. The maximum absolute atomic E-state index is 13.0. The van der Waals surface area contributed by atoms with Gasteiger partial charge in [0.2, 0.25) is 0 Å². The molecule has 0 atom stereocenters. The third-order valence-corrected chi connectivity index (χ3v) is 4.29. The van der Waals surface area contributed by atoms with Crippen molar-refractivity contribution in [3.05, 3.63) is 23.8 Å². The van der Waals surface area contributed by atoms with E-state index in [1.165, 1.54) is 31.7 Å². The first-order valence-corrected chi connectivity index (χ1v) is 7.06. The lowest BCUT2D eigenvalue weighted by Crippen LogP contribution is -2.19. The van der Waals surface area contributed by atoms with Crippen LogP contribution in [0.2, 0.25) is 0 Å². The van der Waals surface area contributed by atoms with E-state index in [-0.39, 0.29) is 5.56 Å². The summed E-state index contributed by atoms with van der Waals surface area (Å²) in [6.45, 7) is 0.818. The number of anilines is 2. The Morgan fingerprint density at radius 1 is 1.16 bits per heavy atom. The molecule has 0 saturated heterocycles. The summed E-state index contributed by atoms with van der Waals surface area (Å²) < 4.78 is 26.0. The predicted octanol–water partition coefficient (Wildman–Crippen LogP) is 4.05. The van der Waals surface area contributed by atoms with Crippen molar-refractivity contribution in [2.45, 2.75) is 32.1 Å². The monoisotopic (exact) mass is 266 g/mol. The number of nitrogens with one attached hydrogen (secondary N) is 1. The van der Waals surface area contributed by atoms with Crippen molar-refractivity contribution in [1.29, 1.82) is 0 Å². The van der Waals surface area contributed by atoms with Gasteiger partial charge in [-0.25, -0.2) is 8.78 Å². The molecule has 0 unspecified atom stereocenters. The van der Waals surface area contributed by atoms with E-state index in [9.17, 15) is 8.78 Å². The van der Waals surface area contributed by atoms with Crippen molar-refractivity contribution in [2.75, 3.05) is 17.6 Å². The van der Waals surface area contributed by atoms with E-state index in [0.717, 1.165) is 18.4 Å². The highest BCUT2D eigenvalue weighted by Crippen LogP contribution is 2.49. The van der Waals surface area contributed by atoms with Crippen LogP contribution in [0.3, 0.4) is 0 Å². The zero-order chi connectivity index (χ0) is 13.4. The summed E-state index contributed by atoms with van der Waals surface area (Å²) in [5.74, 6) is 2.32. The van der Waals surface area contributed by atoms with Crippen LogP contribution in [0.25, 0.3) is 0 Å². The van der Waals surface area contributed by atoms with Crippen LogP contribution < -0.4 is 11.1 Å². The summed E-state index contributed by atoms with van der Waals surface area (Å²) in [5.41, 5.74) is 6.52. The highest BCUT2D eigenvalue weighted by molar-refractivity contribution is 5.58.